The van der Waals surface area contributed by atoms with Gasteiger partial charge in [-0.15, -0.1) is 0 Å². The van der Waals surface area contributed by atoms with Crippen molar-refractivity contribution in [3.05, 3.63) is 58.9 Å². The van der Waals surface area contributed by atoms with Crippen LogP contribution in [-0.4, -0.2) is 11.0 Å². The van der Waals surface area contributed by atoms with Crippen molar-refractivity contribution in [2.24, 2.45) is 0 Å². The van der Waals surface area contributed by atoms with Crippen molar-refractivity contribution in [3.63, 3.8) is 0 Å². The molecule has 0 bridgehead atoms. The van der Waals surface area contributed by atoms with Gasteiger partial charge < -0.3 is 10.6 Å². The standard InChI is InChI=1S/C14H14ClN3O/c1-10-13(3-2-8-16-10)18-14(19)17-9-11-4-6-12(15)7-5-11/h2-8H,9H2,1H3,(H2,17,18,19). The normalized spacial score (nSPS) is 10.0. The summed E-state index contributed by atoms with van der Waals surface area (Å²) in [4.78, 5) is 15.8. The van der Waals surface area contributed by atoms with Crippen molar-refractivity contribution >= 4 is 23.3 Å². The van der Waals surface area contributed by atoms with Gasteiger partial charge in [0.15, 0.2) is 0 Å². The summed E-state index contributed by atoms with van der Waals surface area (Å²) in [6.45, 7) is 2.29. The number of aryl methyl sites for hydroxylation is 1. The van der Waals surface area contributed by atoms with Gasteiger partial charge in [-0.1, -0.05) is 23.7 Å². The predicted molar refractivity (Wildman–Crippen MR) is 76.3 cm³/mol. The molecule has 2 amide bonds. The van der Waals surface area contributed by atoms with Crippen LogP contribution < -0.4 is 10.6 Å². The molecule has 2 rings (SSSR count). The molecule has 19 heavy (non-hydrogen) atoms. The van der Waals surface area contributed by atoms with Gasteiger partial charge in [0.2, 0.25) is 0 Å². The minimum atomic E-state index is -0.258. The Morgan fingerprint density at radius 1 is 1.26 bits per heavy atom. The van der Waals surface area contributed by atoms with E-state index < -0.39 is 0 Å². The number of anilines is 1. The van der Waals surface area contributed by atoms with E-state index in [0.717, 1.165) is 11.3 Å². The third kappa shape index (κ3) is 3.96. The van der Waals surface area contributed by atoms with E-state index in [-0.39, 0.29) is 6.03 Å². The summed E-state index contributed by atoms with van der Waals surface area (Å²) in [7, 11) is 0. The highest BCUT2D eigenvalue weighted by atomic mass is 35.5. The van der Waals surface area contributed by atoms with Gasteiger partial charge in [-0.05, 0) is 36.8 Å². The molecule has 0 fully saturated rings. The molecule has 4 nitrogen and oxygen atoms in total. The van der Waals surface area contributed by atoms with Gasteiger partial charge in [0.05, 0.1) is 11.4 Å². The van der Waals surface area contributed by atoms with Gasteiger partial charge in [-0.25, -0.2) is 4.79 Å². The minimum absolute atomic E-state index is 0.258. The van der Waals surface area contributed by atoms with E-state index in [1.54, 1.807) is 24.4 Å². The van der Waals surface area contributed by atoms with Crippen LogP contribution in [0.1, 0.15) is 11.3 Å². The SMILES string of the molecule is Cc1ncccc1NC(=O)NCc1ccc(Cl)cc1. The molecule has 0 unspecified atom stereocenters. The molecule has 5 heteroatoms. The zero-order chi connectivity index (χ0) is 13.7. The van der Waals surface area contributed by atoms with E-state index in [0.29, 0.717) is 17.3 Å². The molecule has 0 saturated heterocycles. The monoisotopic (exact) mass is 275 g/mol. The van der Waals surface area contributed by atoms with Gasteiger partial charge in [0, 0.05) is 17.8 Å². The zero-order valence-corrected chi connectivity index (χ0v) is 11.2. The van der Waals surface area contributed by atoms with Crippen LogP contribution in [0.2, 0.25) is 5.02 Å². The van der Waals surface area contributed by atoms with Crippen molar-refractivity contribution in [2.45, 2.75) is 13.5 Å². The first-order chi connectivity index (χ1) is 9.15. The predicted octanol–water partition coefficient (Wildman–Crippen LogP) is 3.37. The summed E-state index contributed by atoms with van der Waals surface area (Å²) in [6, 6.07) is 10.7. The molecular weight excluding hydrogens is 262 g/mol. The van der Waals surface area contributed by atoms with Crippen LogP contribution in [0.15, 0.2) is 42.6 Å². The topological polar surface area (TPSA) is 54.0 Å². The molecule has 1 heterocycles. The Bertz CT molecular complexity index is 569. The smallest absolute Gasteiger partial charge is 0.319 e. The molecule has 0 radical (unpaired) electrons. The highest BCUT2D eigenvalue weighted by Gasteiger charge is 2.04. The Hall–Kier alpha value is -2.07. The summed E-state index contributed by atoms with van der Waals surface area (Å²) >= 11 is 5.79. The third-order valence-electron chi connectivity index (χ3n) is 2.62. The second kappa shape index (κ2) is 6.20. The molecule has 2 aromatic rings. The molecule has 0 saturated carbocycles. The number of carbonyl (C=O) groups is 1. The Kier molecular flexibility index (Phi) is 4.36. The summed E-state index contributed by atoms with van der Waals surface area (Å²) in [5.74, 6) is 0. The molecule has 1 aromatic carbocycles. The summed E-state index contributed by atoms with van der Waals surface area (Å²) in [5.41, 5.74) is 2.47. The lowest BCUT2D eigenvalue weighted by Crippen LogP contribution is -2.28. The van der Waals surface area contributed by atoms with E-state index in [9.17, 15) is 4.79 Å². The molecule has 0 aliphatic rings. The number of nitrogens with zero attached hydrogens (tertiary/aromatic N) is 1. The number of benzene rings is 1. The van der Waals surface area contributed by atoms with Gasteiger partial charge in [0.1, 0.15) is 0 Å². The maximum Gasteiger partial charge on any atom is 0.319 e. The Labute approximate surface area is 116 Å². The lowest BCUT2D eigenvalue weighted by Gasteiger charge is -2.09. The Morgan fingerprint density at radius 2 is 2.00 bits per heavy atom. The van der Waals surface area contributed by atoms with Gasteiger partial charge >= 0.3 is 6.03 Å². The second-order valence-corrected chi connectivity index (χ2v) is 4.51. The number of nitrogens with one attached hydrogen (secondary N) is 2. The van der Waals surface area contributed by atoms with Crippen LogP contribution in [0.25, 0.3) is 0 Å². The van der Waals surface area contributed by atoms with E-state index in [1.807, 2.05) is 25.1 Å². The van der Waals surface area contributed by atoms with E-state index in [2.05, 4.69) is 15.6 Å². The van der Waals surface area contributed by atoms with Gasteiger partial charge in [0.25, 0.3) is 0 Å². The number of aromatic nitrogens is 1. The molecule has 0 aliphatic carbocycles. The van der Waals surface area contributed by atoms with Crippen LogP contribution >= 0.6 is 11.6 Å². The Morgan fingerprint density at radius 3 is 2.68 bits per heavy atom. The third-order valence-corrected chi connectivity index (χ3v) is 2.87. The largest absolute Gasteiger partial charge is 0.334 e. The van der Waals surface area contributed by atoms with Gasteiger partial charge in [-0.3, -0.25) is 4.98 Å². The minimum Gasteiger partial charge on any atom is -0.334 e. The molecule has 2 N–H and O–H groups in total. The number of hydrogen-bond donors (Lipinski definition) is 2. The van der Waals surface area contributed by atoms with Crippen molar-refractivity contribution in [3.8, 4) is 0 Å². The molecule has 0 spiro atoms. The highest BCUT2D eigenvalue weighted by molar-refractivity contribution is 6.30. The molecule has 0 aliphatic heterocycles. The first-order valence-corrected chi connectivity index (χ1v) is 6.24. The number of hydrogen-bond acceptors (Lipinski definition) is 2. The number of rotatable bonds is 3. The van der Waals surface area contributed by atoms with Crippen LogP contribution in [0.3, 0.4) is 0 Å². The molecule has 0 atom stereocenters. The van der Waals surface area contributed by atoms with Crippen LogP contribution in [0, 0.1) is 6.92 Å². The second-order valence-electron chi connectivity index (χ2n) is 4.07. The number of urea groups is 1. The fourth-order valence-corrected chi connectivity index (χ4v) is 1.69. The van der Waals surface area contributed by atoms with Crippen molar-refractivity contribution in [1.29, 1.82) is 0 Å². The number of pyridine rings is 1. The van der Waals surface area contributed by atoms with E-state index in [4.69, 9.17) is 11.6 Å². The van der Waals surface area contributed by atoms with Crippen molar-refractivity contribution in [1.82, 2.24) is 10.3 Å². The maximum atomic E-state index is 11.7. The lowest BCUT2D eigenvalue weighted by atomic mass is 10.2. The summed E-state index contributed by atoms with van der Waals surface area (Å²) in [5, 5.41) is 6.21. The van der Waals surface area contributed by atoms with Crippen LogP contribution in [0.4, 0.5) is 10.5 Å². The maximum absolute atomic E-state index is 11.7. The molecule has 1 aromatic heterocycles. The van der Waals surface area contributed by atoms with Crippen LogP contribution in [-0.2, 0) is 6.54 Å². The first kappa shape index (κ1) is 13.4. The van der Waals surface area contributed by atoms with E-state index in [1.165, 1.54) is 0 Å². The number of amides is 2. The lowest BCUT2D eigenvalue weighted by molar-refractivity contribution is 0.251. The molecule has 98 valence electrons. The average Bonchev–Trinajstić information content (AvgIpc) is 2.41. The van der Waals surface area contributed by atoms with Crippen molar-refractivity contribution < 1.29 is 4.79 Å². The average molecular weight is 276 g/mol. The number of carbonyl (C=O) groups excluding carboxylic acids is 1. The zero-order valence-electron chi connectivity index (χ0n) is 10.5. The summed E-state index contributed by atoms with van der Waals surface area (Å²) < 4.78 is 0. The fourth-order valence-electron chi connectivity index (χ4n) is 1.57. The number of halogens is 1. The Balaban J connectivity index is 1.88. The van der Waals surface area contributed by atoms with Crippen LogP contribution in [0.5, 0.6) is 0 Å². The summed E-state index contributed by atoms with van der Waals surface area (Å²) in [6.07, 6.45) is 1.69. The van der Waals surface area contributed by atoms with Gasteiger partial charge in [-0.2, -0.15) is 0 Å². The molecular formula is C14H14ClN3O. The fraction of sp³-hybridized carbons (Fsp3) is 0.143. The van der Waals surface area contributed by atoms with Crippen molar-refractivity contribution in [2.75, 3.05) is 5.32 Å². The quantitative estimate of drug-likeness (QED) is 0.902. The highest BCUT2D eigenvalue weighted by Crippen LogP contribution is 2.11. The first-order valence-electron chi connectivity index (χ1n) is 5.86. The van der Waals surface area contributed by atoms with E-state index >= 15 is 0 Å².